The molecule has 144 valence electrons. The molecule has 2 amide bonds. The number of hydrogen-bond acceptors (Lipinski definition) is 5. The first-order chi connectivity index (χ1) is 13.1. The molecule has 1 saturated heterocycles. The Morgan fingerprint density at radius 2 is 2.11 bits per heavy atom. The van der Waals surface area contributed by atoms with Crippen molar-refractivity contribution in [2.75, 3.05) is 26.7 Å². The highest BCUT2D eigenvalue weighted by molar-refractivity contribution is 7.12. The third kappa shape index (κ3) is 4.87. The highest BCUT2D eigenvalue weighted by atomic mass is 32.1. The van der Waals surface area contributed by atoms with Crippen LogP contribution in [0.15, 0.2) is 41.8 Å². The number of benzene rings is 1. The molecule has 2 N–H and O–H groups in total. The Labute approximate surface area is 162 Å². The molecule has 1 fully saturated rings. The molecule has 1 aliphatic rings. The van der Waals surface area contributed by atoms with Crippen LogP contribution >= 0.6 is 11.3 Å². The average Bonchev–Trinajstić information content (AvgIpc) is 3.26. The largest absolute Gasteiger partial charge is 0.497 e. The number of amides is 2. The van der Waals surface area contributed by atoms with Gasteiger partial charge in [0.2, 0.25) is 5.91 Å². The molecule has 2 unspecified atom stereocenters. The van der Waals surface area contributed by atoms with Crippen LogP contribution in [0.1, 0.15) is 34.2 Å². The number of aliphatic hydroxyl groups is 1. The van der Waals surface area contributed by atoms with Gasteiger partial charge in [0.15, 0.2) is 0 Å². The van der Waals surface area contributed by atoms with Crippen LogP contribution in [-0.2, 0) is 4.79 Å². The number of nitrogens with one attached hydrogen (secondary N) is 1. The maximum absolute atomic E-state index is 12.5. The standard InChI is InChI=1S/C20H24N2O4S/c1-26-16-8-6-14(7-9-16)17(23)12-21-19(24)15-4-2-10-22(13-15)20(25)18-5-3-11-27-18/h3,5-9,11,15,17,23H,2,4,10,12-13H2,1H3,(H,21,24). The highest BCUT2D eigenvalue weighted by Crippen LogP contribution is 2.21. The summed E-state index contributed by atoms with van der Waals surface area (Å²) in [7, 11) is 1.59. The summed E-state index contributed by atoms with van der Waals surface area (Å²) in [4.78, 5) is 27.4. The maximum Gasteiger partial charge on any atom is 0.263 e. The van der Waals surface area contributed by atoms with Crippen molar-refractivity contribution < 1.29 is 19.4 Å². The smallest absolute Gasteiger partial charge is 0.263 e. The lowest BCUT2D eigenvalue weighted by atomic mass is 9.96. The molecule has 0 aliphatic carbocycles. The molecule has 0 spiro atoms. The van der Waals surface area contributed by atoms with Gasteiger partial charge in [-0.3, -0.25) is 9.59 Å². The molecule has 1 aliphatic heterocycles. The second kappa shape index (κ2) is 9.01. The van der Waals surface area contributed by atoms with Crippen LogP contribution in [0.2, 0.25) is 0 Å². The summed E-state index contributed by atoms with van der Waals surface area (Å²) >= 11 is 1.41. The van der Waals surface area contributed by atoms with Gasteiger partial charge in [-0.15, -0.1) is 11.3 Å². The Balaban J connectivity index is 1.51. The van der Waals surface area contributed by atoms with Crippen molar-refractivity contribution in [1.82, 2.24) is 10.2 Å². The topological polar surface area (TPSA) is 78.9 Å². The zero-order valence-electron chi connectivity index (χ0n) is 15.3. The number of carbonyl (C=O) groups excluding carboxylic acids is 2. The van der Waals surface area contributed by atoms with Crippen LogP contribution in [0.25, 0.3) is 0 Å². The second-order valence-corrected chi connectivity index (χ2v) is 7.55. The fraction of sp³-hybridized carbons (Fsp3) is 0.400. The summed E-state index contributed by atoms with van der Waals surface area (Å²) in [5.74, 6) is 0.338. The number of thiophene rings is 1. The molecule has 3 rings (SSSR count). The molecule has 2 atom stereocenters. The van der Waals surface area contributed by atoms with Crippen molar-refractivity contribution in [2.24, 2.45) is 5.92 Å². The van der Waals surface area contributed by atoms with E-state index in [9.17, 15) is 14.7 Å². The van der Waals surface area contributed by atoms with E-state index >= 15 is 0 Å². The van der Waals surface area contributed by atoms with Crippen molar-refractivity contribution in [2.45, 2.75) is 18.9 Å². The third-order valence-electron chi connectivity index (χ3n) is 4.78. The van der Waals surface area contributed by atoms with Crippen molar-refractivity contribution in [3.05, 3.63) is 52.2 Å². The Hall–Kier alpha value is -2.38. The minimum Gasteiger partial charge on any atom is -0.497 e. The SMILES string of the molecule is COc1ccc(C(O)CNC(=O)C2CCCN(C(=O)c3cccs3)C2)cc1. The van der Waals surface area contributed by atoms with Crippen LogP contribution in [0.5, 0.6) is 5.75 Å². The molecule has 0 bridgehead atoms. The quantitative estimate of drug-likeness (QED) is 0.797. The van der Waals surface area contributed by atoms with Gasteiger partial charge < -0.3 is 20.1 Å². The first-order valence-electron chi connectivity index (χ1n) is 9.01. The van der Waals surface area contributed by atoms with E-state index in [0.717, 1.165) is 12.8 Å². The van der Waals surface area contributed by atoms with E-state index in [-0.39, 0.29) is 24.3 Å². The molecule has 2 aromatic rings. The van der Waals surface area contributed by atoms with E-state index in [1.807, 2.05) is 17.5 Å². The van der Waals surface area contributed by atoms with Crippen LogP contribution in [-0.4, -0.2) is 48.6 Å². The molecule has 1 aromatic heterocycles. The van der Waals surface area contributed by atoms with Crippen LogP contribution in [0.3, 0.4) is 0 Å². The number of piperidine rings is 1. The van der Waals surface area contributed by atoms with E-state index in [2.05, 4.69) is 5.32 Å². The van der Waals surface area contributed by atoms with Gasteiger partial charge in [0, 0.05) is 19.6 Å². The summed E-state index contributed by atoms with van der Waals surface area (Å²) in [6.45, 7) is 1.23. The molecule has 2 heterocycles. The number of hydrogen-bond donors (Lipinski definition) is 2. The first-order valence-corrected chi connectivity index (χ1v) is 9.89. The van der Waals surface area contributed by atoms with Gasteiger partial charge in [-0.2, -0.15) is 0 Å². The van der Waals surface area contributed by atoms with Gasteiger partial charge in [-0.05, 0) is 42.0 Å². The van der Waals surface area contributed by atoms with E-state index in [0.29, 0.717) is 29.3 Å². The van der Waals surface area contributed by atoms with Gasteiger partial charge in [-0.25, -0.2) is 0 Å². The monoisotopic (exact) mass is 388 g/mol. The fourth-order valence-corrected chi connectivity index (χ4v) is 3.91. The van der Waals surface area contributed by atoms with Crippen molar-refractivity contribution >= 4 is 23.2 Å². The summed E-state index contributed by atoms with van der Waals surface area (Å²) in [5.41, 5.74) is 0.717. The number of ether oxygens (including phenoxy) is 1. The molecule has 7 heteroatoms. The first kappa shape index (κ1) is 19.4. The maximum atomic E-state index is 12.5. The highest BCUT2D eigenvalue weighted by Gasteiger charge is 2.29. The lowest BCUT2D eigenvalue weighted by Gasteiger charge is -2.32. The number of carbonyl (C=O) groups is 2. The Kier molecular flexibility index (Phi) is 6.47. The number of rotatable bonds is 6. The number of nitrogens with zero attached hydrogens (tertiary/aromatic N) is 1. The van der Waals surface area contributed by atoms with E-state index < -0.39 is 6.10 Å². The number of methoxy groups -OCH3 is 1. The molecule has 6 nitrogen and oxygen atoms in total. The van der Waals surface area contributed by atoms with Crippen molar-refractivity contribution in [1.29, 1.82) is 0 Å². The van der Waals surface area contributed by atoms with Crippen molar-refractivity contribution in [3.8, 4) is 5.75 Å². The zero-order chi connectivity index (χ0) is 19.2. The Morgan fingerprint density at radius 3 is 2.78 bits per heavy atom. The summed E-state index contributed by atoms with van der Waals surface area (Å²) in [6.07, 6.45) is 0.766. The molecule has 1 aromatic carbocycles. The van der Waals surface area contributed by atoms with E-state index in [1.54, 1.807) is 36.3 Å². The second-order valence-electron chi connectivity index (χ2n) is 6.60. The summed E-state index contributed by atoms with van der Waals surface area (Å²) in [5, 5.41) is 15.0. The van der Waals surface area contributed by atoms with E-state index in [1.165, 1.54) is 11.3 Å². The number of aliphatic hydroxyl groups excluding tert-OH is 1. The summed E-state index contributed by atoms with van der Waals surface area (Å²) < 4.78 is 5.10. The predicted octanol–water partition coefficient (Wildman–Crippen LogP) is 2.46. The summed E-state index contributed by atoms with van der Waals surface area (Å²) in [6, 6.07) is 10.8. The molecule has 27 heavy (non-hydrogen) atoms. The molecular weight excluding hydrogens is 364 g/mol. The van der Waals surface area contributed by atoms with Crippen LogP contribution in [0.4, 0.5) is 0 Å². The Bertz CT molecular complexity index is 761. The molecule has 0 radical (unpaired) electrons. The lowest BCUT2D eigenvalue weighted by Crippen LogP contribution is -2.45. The van der Waals surface area contributed by atoms with Gasteiger partial charge >= 0.3 is 0 Å². The zero-order valence-corrected chi connectivity index (χ0v) is 16.1. The third-order valence-corrected chi connectivity index (χ3v) is 5.64. The minimum absolute atomic E-state index is 0.0132. The Morgan fingerprint density at radius 1 is 1.33 bits per heavy atom. The lowest BCUT2D eigenvalue weighted by molar-refractivity contribution is -0.126. The minimum atomic E-state index is -0.785. The van der Waals surface area contributed by atoms with Gasteiger partial charge in [0.05, 0.1) is 24.0 Å². The van der Waals surface area contributed by atoms with Gasteiger partial charge in [0.1, 0.15) is 5.75 Å². The molecular formula is C20H24N2O4S. The van der Waals surface area contributed by atoms with Crippen LogP contribution < -0.4 is 10.1 Å². The molecule has 0 saturated carbocycles. The normalized spacial score (nSPS) is 18.0. The fourth-order valence-electron chi connectivity index (χ4n) is 3.22. The van der Waals surface area contributed by atoms with Gasteiger partial charge in [-0.1, -0.05) is 18.2 Å². The van der Waals surface area contributed by atoms with Crippen LogP contribution in [0, 0.1) is 5.92 Å². The van der Waals surface area contributed by atoms with Crippen molar-refractivity contribution in [3.63, 3.8) is 0 Å². The predicted molar refractivity (Wildman–Crippen MR) is 104 cm³/mol. The van der Waals surface area contributed by atoms with Gasteiger partial charge in [0.25, 0.3) is 5.91 Å². The van der Waals surface area contributed by atoms with E-state index in [4.69, 9.17) is 4.74 Å². The number of likely N-dealkylation sites (tertiary alicyclic amines) is 1. The average molecular weight is 388 g/mol.